The standard InChI is InChI=1S/C7H4Cl2N2O3.ClH/c8-3-4(9)7(13)14-5(3)2(1-10)6(11)12;/h2,5H,(H2,11,12);1H. The van der Waals surface area contributed by atoms with Crippen LogP contribution in [-0.2, 0) is 14.3 Å². The third kappa shape index (κ3) is 2.53. The zero-order valence-corrected chi connectivity index (χ0v) is 9.40. The van der Waals surface area contributed by atoms with Crippen LogP contribution in [0.1, 0.15) is 0 Å². The van der Waals surface area contributed by atoms with Crippen molar-refractivity contribution in [2.75, 3.05) is 0 Å². The number of carbonyl (C=O) groups excluding carboxylic acids is 2. The van der Waals surface area contributed by atoms with Crippen molar-refractivity contribution in [3.8, 4) is 6.07 Å². The molecule has 2 N–H and O–H groups in total. The number of nitrogens with two attached hydrogens (primary N) is 1. The Kier molecular flexibility index (Phi) is 4.88. The van der Waals surface area contributed by atoms with Crippen LogP contribution in [-0.4, -0.2) is 18.0 Å². The van der Waals surface area contributed by atoms with Crippen LogP contribution < -0.4 is 5.73 Å². The molecule has 0 aromatic rings. The van der Waals surface area contributed by atoms with Gasteiger partial charge in [0.15, 0.2) is 12.0 Å². The van der Waals surface area contributed by atoms with Crippen molar-refractivity contribution in [3.63, 3.8) is 0 Å². The Morgan fingerprint density at radius 2 is 2.13 bits per heavy atom. The van der Waals surface area contributed by atoms with Crippen LogP contribution in [0.2, 0.25) is 0 Å². The van der Waals surface area contributed by atoms with Crippen LogP contribution in [0.3, 0.4) is 0 Å². The molecular formula is C7H5Cl3N2O3. The molecule has 0 fully saturated rings. The lowest BCUT2D eigenvalue weighted by molar-refractivity contribution is -0.141. The second-order valence-electron chi connectivity index (χ2n) is 2.50. The second-order valence-corrected chi connectivity index (χ2v) is 3.28. The molecule has 2 atom stereocenters. The van der Waals surface area contributed by atoms with E-state index in [-0.39, 0.29) is 22.5 Å². The van der Waals surface area contributed by atoms with E-state index in [2.05, 4.69) is 4.74 Å². The van der Waals surface area contributed by atoms with Gasteiger partial charge in [0.05, 0.1) is 11.1 Å². The van der Waals surface area contributed by atoms with E-state index in [1.54, 1.807) is 6.07 Å². The Hall–Kier alpha value is -0.960. The lowest BCUT2D eigenvalue weighted by atomic mass is 10.0. The van der Waals surface area contributed by atoms with Crippen molar-refractivity contribution in [2.24, 2.45) is 11.7 Å². The SMILES string of the molecule is Cl.N#CC(C(N)=O)C1OC(=O)C(Cl)=C1Cl. The second kappa shape index (κ2) is 5.21. The van der Waals surface area contributed by atoms with Gasteiger partial charge in [0.25, 0.3) is 0 Å². The topological polar surface area (TPSA) is 93.2 Å². The maximum atomic E-state index is 10.9. The summed E-state index contributed by atoms with van der Waals surface area (Å²) in [6.07, 6.45) is -1.18. The van der Waals surface area contributed by atoms with E-state index in [1.807, 2.05) is 0 Å². The molecular weight excluding hydrogens is 266 g/mol. The van der Waals surface area contributed by atoms with Gasteiger partial charge in [-0.05, 0) is 0 Å². The minimum atomic E-state index is -1.32. The number of hydrogen-bond donors (Lipinski definition) is 1. The normalized spacial score (nSPS) is 21.4. The number of primary amides is 1. The monoisotopic (exact) mass is 270 g/mol. The zero-order chi connectivity index (χ0) is 10.9. The van der Waals surface area contributed by atoms with Crippen LogP contribution in [0.15, 0.2) is 10.1 Å². The largest absolute Gasteiger partial charge is 0.450 e. The quantitative estimate of drug-likeness (QED) is 0.746. The number of cyclic esters (lactones) is 1. The molecule has 5 nitrogen and oxygen atoms in total. The van der Waals surface area contributed by atoms with Crippen LogP contribution in [0, 0.1) is 17.2 Å². The number of amides is 1. The number of ether oxygens (including phenoxy) is 1. The Morgan fingerprint density at radius 1 is 1.60 bits per heavy atom. The molecule has 82 valence electrons. The zero-order valence-electron chi connectivity index (χ0n) is 7.07. The summed E-state index contributed by atoms with van der Waals surface area (Å²) in [5.74, 6) is -3.10. The van der Waals surface area contributed by atoms with Gasteiger partial charge in [0.2, 0.25) is 5.91 Å². The van der Waals surface area contributed by atoms with E-state index in [9.17, 15) is 9.59 Å². The Balaban J connectivity index is 0.00000196. The number of nitriles is 1. The van der Waals surface area contributed by atoms with Gasteiger partial charge in [-0.15, -0.1) is 12.4 Å². The van der Waals surface area contributed by atoms with E-state index in [4.69, 9.17) is 34.2 Å². The van der Waals surface area contributed by atoms with Crippen LogP contribution in [0.25, 0.3) is 0 Å². The van der Waals surface area contributed by atoms with Crippen LogP contribution in [0.4, 0.5) is 0 Å². The highest BCUT2D eigenvalue weighted by atomic mass is 35.5. The van der Waals surface area contributed by atoms with E-state index < -0.39 is 23.9 Å². The fourth-order valence-electron chi connectivity index (χ4n) is 0.936. The molecule has 15 heavy (non-hydrogen) atoms. The summed E-state index contributed by atoms with van der Waals surface area (Å²) >= 11 is 11.0. The van der Waals surface area contributed by atoms with Crippen molar-refractivity contribution in [1.82, 2.24) is 0 Å². The molecule has 1 aliphatic heterocycles. The van der Waals surface area contributed by atoms with Crippen molar-refractivity contribution in [3.05, 3.63) is 10.1 Å². The molecule has 0 bridgehead atoms. The van der Waals surface area contributed by atoms with Gasteiger partial charge in [-0.1, -0.05) is 23.2 Å². The first kappa shape index (κ1) is 14.0. The van der Waals surface area contributed by atoms with Crippen molar-refractivity contribution < 1.29 is 14.3 Å². The molecule has 2 unspecified atom stereocenters. The molecule has 0 aliphatic carbocycles. The fraction of sp³-hybridized carbons (Fsp3) is 0.286. The van der Waals surface area contributed by atoms with E-state index in [1.165, 1.54) is 0 Å². The molecule has 1 amide bonds. The summed E-state index contributed by atoms with van der Waals surface area (Å²) < 4.78 is 4.60. The molecule has 0 saturated heterocycles. The van der Waals surface area contributed by atoms with Crippen molar-refractivity contribution in [1.29, 1.82) is 5.26 Å². The summed E-state index contributed by atoms with van der Waals surface area (Å²) in [4.78, 5) is 21.6. The van der Waals surface area contributed by atoms with Gasteiger partial charge < -0.3 is 10.5 Å². The number of nitrogens with zero attached hydrogens (tertiary/aromatic N) is 1. The first-order valence-corrected chi connectivity index (χ1v) is 4.19. The maximum absolute atomic E-state index is 10.9. The van der Waals surface area contributed by atoms with E-state index in [0.717, 1.165) is 0 Å². The van der Waals surface area contributed by atoms with Gasteiger partial charge in [-0.2, -0.15) is 5.26 Å². The minimum absolute atomic E-state index is 0. The molecule has 0 aromatic heterocycles. The summed E-state index contributed by atoms with van der Waals surface area (Å²) in [6, 6.07) is 1.59. The Labute approximate surface area is 101 Å². The first-order valence-electron chi connectivity index (χ1n) is 3.44. The summed E-state index contributed by atoms with van der Waals surface area (Å²) in [7, 11) is 0. The van der Waals surface area contributed by atoms with Gasteiger partial charge in [0, 0.05) is 0 Å². The summed E-state index contributed by atoms with van der Waals surface area (Å²) in [5.41, 5.74) is 4.90. The van der Waals surface area contributed by atoms with Gasteiger partial charge >= 0.3 is 5.97 Å². The molecule has 0 spiro atoms. The third-order valence-electron chi connectivity index (χ3n) is 1.62. The predicted molar refractivity (Wildman–Crippen MR) is 54.2 cm³/mol. The fourth-order valence-corrected chi connectivity index (χ4v) is 1.34. The smallest absolute Gasteiger partial charge is 0.351 e. The molecule has 1 aliphatic rings. The highest BCUT2D eigenvalue weighted by Crippen LogP contribution is 2.32. The average Bonchev–Trinajstić information content (AvgIpc) is 2.35. The first-order chi connectivity index (χ1) is 6.49. The Morgan fingerprint density at radius 3 is 2.40 bits per heavy atom. The molecule has 0 radical (unpaired) electrons. The highest BCUT2D eigenvalue weighted by Gasteiger charge is 2.40. The summed E-state index contributed by atoms with van der Waals surface area (Å²) in [5, 5.41) is 8.09. The van der Waals surface area contributed by atoms with Crippen LogP contribution in [0.5, 0.6) is 0 Å². The number of hydrogen-bond acceptors (Lipinski definition) is 4. The lowest BCUT2D eigenvalue weighted by Crippen LogP contribution is -2.33. The van der Waals surface area contributed by atoms with Gasteiger partial charge in [-0.3, -0.25) is 4.79 Å². The van der Waals surface area contributed by atoms with Crippen molar-refractivity contribution >= 4 is 47.5 Å². The third-order valence-corrected chi connectivity index (χ3v) is 2.48. The van der Waals surface area contributed by atoms with Gasteiger partial charge in [-0.25, -0.2) is 4.79 Å². The molecule has 1 heterocycles. The molecule has 8 heteroatoms. The number of halogens is 3. The number of carbonyl (C=O) groups is 2. The minimum Gasteiger partial charge on any atom is -0.450 e. The lowest BCUT2D eigenvalue weighted by Gasteiger charge is -2.12. The maximum Gasteiger partial charge on any atom is 0.351 e. The van der Waals surface area contributed by atoms with Crippen molar-refractivity contribution in [2.45, 2.75) is 6.10 Å². The number of esters is 1. The summed E-state index contributed by atoms with van der Waals surface area (Å²) in [6.45, 7) is 0. The van der Waals surface area contributed by atoms with E-state index in [0.29, 0.717) is 0 Å². The van der Waals surface area contributed by atoms with Crippen LogP contribution >= 0.6 is 35.6 Å². The van der Waals surface area contributed by atoms with Gasteiger partial charge in [0.1, 0.15) is 5.03 Å². The van der Waals surface area contributed by atoms with E-state index >= 15 is 0 Å². The molecule has 1 rings (SSSR count). The Bertz CT molecular complexity index is 374. The molecule has 0 aromatic carbocycles. The number of rotatable bonds is 2. The molecule has 0 saturated carbocycles. The highest BCUT2D eigenvalue weighted by molar-refractivity contribution is 6.48. The predicted octanol–water partition coefficient (Wildman–Crippen LogP) is 0.648. The average molecular weight is 271 g/mol.